The third-order valence-electron chi connectivity index (χ3n) is 3.02. The van der Waals surface area contributed by atoms with Crippen molar-refractivity contribution in [3.63, 3.8) is 0 Å². The minimum atomic E-state index is -4.26. The molecule has 0 aliphatic rings. The Morgan fingerprint density at radius 1 is 0.676 bits per heavy atom. The molecule has 0 radical (unpaired) electrons. The van der Waals surface area contributed by atoms with E-state index in [9.17, 15) is 44.8 Å². The largest absolute Gasteiger partial charge is 0.478 e. The van der Waals surface area contributed by atoms with E-state index in [2.05, 4.69) is 23.2 Å². The highest BCUT2D eigenvalue weighted by Crippen LogP contribution is 2.21. The summed E-state index contributed by atoms with van der Waals surface area (Å²) < 4.78 is 68.9. The summed E-state index contributed by atoms with van der Waals surface area (Å²) in [6, 6.07) is 5.01. The fourth-order valence-electron chi connectivity index (χ4n) is 1.64. The zero-order chi connectivity index (χ0) is 27.0. The van der Waals surface area contributed by atoms with Crippen molar-refractivity contribution < 1.29 is 49.9 Å². The van der Waals surface area contributed by atoms with E-state index in [0.29, 0.717) is 6.07 Å². The van der Waals surface area contributed by atoms with Gasteiger partial charge in [-0.15, -0.1) is 0 Å². The zero-order valence-electron chi connectivity index (χ0n) is 15.6. The van der Waals surface area contributed by atoms with Crippen molar-refractivity contribution >= 4 is 96.0 Å². The average molecular weight is 623 g/mol. The number of carboxylic acids is 1. The second-order valence-corrected chi connectivity index (χ2v) is 11.4. The van der Waals surface area contributed by atoms with E-state index in [1.54, 1.807) is 0 Å². The number of carboxylic acid groups (broad SMARTS) is 1. The maximum absolute atomic E-state index is 12.9. The first kappa shape index (κ1) is 32.1. The van der Waals surface area contributed by atoms with Gasteiger partial charge in [-0.1, -0.05) is 0 Å². The SMILES string of the molecule is O=C(Cl)C(=O)Cl.O=C(Cl)c1ccc(F)c(S(=O)(=O)Cl)c1.O=C(O)c1ccc(F)c(S(=O)(=O)Cl)c1. The lowest BCUT2D eigenvalue weighted by Gasteiger charge is -1.99. The van der Waals surface area contributed by atoms with E-state index >= 15 is 0 Å². The fraction of sp³-hybridized carbons (Fsp3) is 0. The van der Waals surface area contributed by atoms with Gasteiger partial charge in [-0.25, -0.2) is 30.4 Å². The summed E-state index contributed by atoms with van der Waals surface area (Å²) in [5.74, 6) is -3.46. The molecule has 0 bridgehead atoms. The van der Waals surface area contributed by atoms with Crippen molar-refractivity contribution in [3.05, 3.63) is 59.2 Å². The maximum atomic E-state index is 12.9. The molecule has 0 spiro atoms. The van der Waals surface area contributed by atoms with E-state index in [1.807, 2.05) is 0 Å². The van der Waals surface area contributed by atoms with E-state index in [0.717, 1.165) is 30.3 Å². The number of rotatable bonds is 5. The highest BCUT2D eigenvalue weighted by Gasteiger charge is 2.19. The van der Waals surface area contributed by atoms with Crippen molar-refractivity contribution in [2.24, 2.45) is 0 Å². The smallest absolute Gasteiger partial charge is 0.335 e. The summed E-state index contributed by atoms with van der Waals surface area (Å²) in [5, 5.41) is 5.34. The molecule has 2 rings (SSSR count). The molecular weight excluding hydrogens is 616 g/mol. The van der Waals surface area contributed by atoms with Gasteiger partial charge in [0.05, 0.1) is 5.56 Å². The van der Waals surface area contributed by atoms with Gasteiger partial charge >= 0.3 is 16.5 Å². The molecular formula is C16H7Cl5F2O9S2. The summed E-state index contributed by atoms with van der Waals surface area (Å²) in [4.78, 5) is 38.3. The molecule has 0 unspecified atom stereocenters. The van der Waals surface area contributed by atoms with Crippen LogP contribution in [0.15, 0.2) is 46.2 Å². The van der Waals surface area contributed by atoms with E-state index < -0.39 is 61.2 Å². The summed E-state index contributed by atoms with van der Waals surface area (Å²) in [7, 11) is 1.34. The molecule has 0 fully saturated rings. The Bertz CT molecular complexity index is 1240. The molecule has 2 aromatic carbocycles. The van der Waals surface area contributed by atoms with Crippen molar-refractivity contribution in [1.29, 1.82) is 0 Å². The zero-order valence-corrected chi connectivity index (χ0v) is 21.1. The molecule has 186 valence electrons. The van der Waals surface area contributed by atoms with E-state index in [-0.39, 0.29) is 11.1 Å². The Kier molecular flexibility index (Phi) is 12.5. The molecule has 18 heteroatoms. The number of aromatic carboxylic acids is 1. The van der Waals surface area contributed by atoms with Crippen molar-refractivity contribution in [2.75, 3.05) is 0 Å². The molecule has 0 saturated carbocycles. The Morgan fingerprint density at radius 3 is 1.26 bits per heavy atom. The molecule has 0 aliphatic heterocycles. The minimum absolute atomic E-state index is 0.132. The first-order chi connectivity index (χ1) is 15.3. The molecule has 2 aromatic rings. The lowest BCUT2D eigenvalue weighted by molar-refractivity contribution is -0.127. The Hall–Kier alpha value is -1.87. The fourth-order valence-corrected chi connectivity index (χ4v) is 3.60. The number of hydrogen-bond donors (Lipinski definition) is 1. The van der Waals surface area contributed by atoms with Crippen LogP contribution < -0.4 is 0 Å². The predicted octanol–water partition coefficient (Wildman–Crippen LogP) is 4.10. The summed E-state index contributed by atoms with van der Waals surface area (Å²) in [5.41, 5.74) is -0.474. The number of hydrogen-bond acceptors (Lipinski definition) is 8. The first-order valence-corrected chi connectivity index (χ1v) is 13.3. The predicted molar refractivity (Wildman–Crippen MR) is 118 cm³/mol. The molecule has 0 amide bonds. The molecule has 1 N–H and O–H groups in total. The van der Waals surface area contributed by atoms with Crippen LogP contribution in [0.2, 0.25) is 0 Å². The van der Waals surface area contributed by atoms with Crippen LogP contribution in [0.3, 0.4) is 0 Å². The Morgan fingerprint density at radius 2 is 1.00 bits per heavy atom. The average Bonchev–Trinajstić information content (AvgIpc) is 2.67. The second kappa shape index (κ2) is 13.3. The van der Waals surface area contributed by atoms with Gasteiger partial charge in [-0.3, -0.25) is 14.4 Å². The van der Waals surface area contributed by atoms with Crippen molar-refractivity contribution in [1.82, 2.24) is 0 Å². The van der Waals surface area contributed by atoms with Crippen LogP contribution in [0.5, 0.6) is 0 Å². The summed E-state index contributed by atoms with van der Waals surface area (Å²) >= 11 is 14.1. The van der Waals surface area contributed by atoms with Gasteiger partial charge in [0, 0.05) is 26.9 Å². The molecule has 0 saturated heterocycles. The Balaban J connectivity index is 0.000000521. The maximum Gasteiger partial charge on any atom is 0.335 e. The third-order valence-corrected chi connectivity index (χ3v) is 6.35. The van der Waals surface area contributed by atoms with Crippen LogP contribution in [-0.4, -0.2) is 43.6 Å². The third kappa shape index (κ3) is 11.0. The van der Waals surface area contributed by atoms with Gasteiger partial charge in [0.1, 0.15) is 21.4 Å². The lowest BCUT2D eigenvalue weighted by atomic mass is 10.2. The number of carbonyl (C=O) groups excluding carboxylic acids is 3. The monoisotopic (exact) mass is 620 g/mol. The van der Waals surface area contributed by atoms with Crippen LogP contribution in [0.25, 0.3) is 0 Å². The standard InChI is InChI=1S/C7H3Cl2FO3S.C7H4ClFO4S.C2Cl2O2/c8-7(11)4-1-2-5(10)6(3-4)14(9,12)13;8-14(12,13)6-3-4(7(10)11)1-2-5(6)9;3-1(5)2(4)6/h1-3H;1-3H,(H,10,11);. The lowest BCUT2D eigenvalue weighted by Crippen LogP contribution is -2.01. The van der Waals surface area contributed by atoms with Gasteiger partial charge in [-0.2, -0.15) is 0 Å². The van der Waals surface area contributed by atoms with Crippen molar-refractivity contribution in [3.8, 4) is 0 Å². The van der Waals surface area contributed by atoms with Crippen molar-refractivity contribution in [2.45, 2.75) is 9.79 Å². The molecule has 0 aromatic heterocycles. The number of halogens is 7. The topological polar surface area (TPSA) is 157 Å². The van der Waals surface area contributed by atoms with Crippen LogP contribution >= 0.6 is 56.2 Å². The van der Waals surface area contributed by atoms with Gasteiger partial charge in [0.2, 0.25) is 0 Å². The number of carbonyl (C=O) groups is 4. The van der Waals surface area contributed by atoms with Crippen LogP contribution in [-0.2, 0) is 27.7 Å². The molecule has 0 atom stereocenters. The molecule has 0 heterocycles. The van der Waals surface area contributed by atoms with Gasteiger partial charge in [0.15, 0.2) is 0 Å². The molecule has 9 nitrogen and oxygen atoms in total. The second-order valence-electron chi connectivity index (χ2n) is 5.29. The highest BCUT2D eigenvalue weighted by molar-refractivity contribution is 8.14. The van der Waals surface area contributed by atoms with Crippen LogP contribution in [0, 0.1) is 11.6 Å². The highest BCUT2D eigenvalue weighted by atomic mass is 35.7. The van der Waals surface area contributed by atoms with Gasteiger partial charge in [-0.05, 0) is 71.2 Å². The van der Waals surface area contributed by atoms with Gasteiger partial charge in [0.25, 0.3) is 23.3 Å². The Labute approximate surface area is 214 Å². The number of benzene rings is 2. The quantitative estimate of drug-likeness (QED) is 0.383. The molecule has 34 heavy (non-hydrogen) atoms. The van der Waals surface area contributed by atoms with E-state index in [1.165, 1.54) is 0 Å². The first-order valence-electron chi connectivity index (χ1n) is 7.59. The minimum Gasteiger partial charge on any atom is -0.478 e. The summed E-state index contributed by atoms with van der Waals surface area (Å²) in [6.45, 7) is 0. The van der Waals surface area contributed by atoms with Crippen LogP contribution in [0.4, 0.5) is 8.78 Å². The van der Waals surface area contributed by atoms with Crippen LogP contribution in [0.1, 0.15) is 20.7 Å². The molecule has 0 aliphatic carbocycles. The van der Waals surface area contributed by atoms with Gasteiger partial charge < -0.3 is 5.11 Å². The van der Waals surface area contributed by atoms with E-state index in [4.69, 9.17) is 38.1 Å². The normalized spacial score (nSPS) is 10.7. The summed E-state index contributed by atoms with van der Waals surface area (Å²) in [6.07, 6.45) is 0.